The predicted molar refractivity (Wildman–Crippen MR) is 94.6 cm³/mol. The van der Waals surface area contributed by atoms with E-state index in [0.29, 0.717) is 11.7 Å². The van der Waals surface area contributed by atoms with Crippen LogP contribution >= 0.6 is 23.1 Å². The Morgan fingerprint density at radius 3 is 2.92 bits per heavy atom. The molecule has 3 N–H and O–H groups in total. The van der Waals surface area contributed by atoms with E-state index in [2.05, 4.69) is 4.98 Å². The summed E-state index contributed by atoms with van der Waals surface area (Å²) in [6.07, 6.45) is 3.83. The van der Waals surface area contributed by atoms with Gasteiger partial charge in [-0.3, -0.25) is 19.5 Å². The molecule has 3 amide bonds. The molecule has 1 aliphatic rings. The molecule has 1 aliphatic carbocycles. The molecule has 0 bridgehead atoms. The SMILES string of the molecule is CCCn1c(SCC(=O)NC(N)=O)nc2sc3c(c2c1=O)CCC3. The summed E-state index contributed by atoms with van der Waals surface area (Å²) in [7, 11) is 0. The third-order valence-corrected chi connectivity index (χ3v) is 5.99. The van der Waals surface area contributed by atoms with Crippen LogP contribution in [0.2, 0.25) is 0 Å². The number of aromatic nitrogens is 2. The highest BCUT2D eigenvalue weighted by Crippen LogP contribution is 2.35. The van der Waals surface area contributed by atoms with Crippen LogP contribution < -0.4 is 16.6 Å². The van der Waals surface area contributed by atoms with E-state index in [1.807, 2.05) is 12.2 Å². The Morgan fingerprint density at radius 2 is 2.21 bits per heavy atom. The van der Waals surface area contributed by atoms with Crippen molar-refractivity contribution >= 4 is 45.3 Å². The predicted octanol–water partition coefficient (Wildman–Crippen LogP) is 1.64. The Labute approximate surface area is 146 Å². The zero-order chi connectivity index (χ0) is 17.3. The maximum atomic E-state index is 12.9. The quantitative estimate of drug-likeness (QED) is 0.618. The topological polar surface area (TPSA) is 107 Å². The van der Waals surface area contributed by atoms with Crippen molar-refractivity contribution in [2.75, 3.05) is 5.75 Å². The molecule has 0 atom stereocenters. The van der Waals surface area contributed by atoms with Crippen molar-refractivity contribution in [3.8, 4) is 0 Å². The number of urea groups is 1. The van der Waals surface area contributed by atoms with Gasteiger partial charge >= 0.3 is 6.03 Å². The number of thioether (sulfide) groups is 1. The van der Waals surface area contributed by atoms with Crippen molar-refractivity contribution in [1.82, 2.24) is 14.9 Å². The average Bonchev–Trinajstić information content (AvgIpc) is 3.08. The number of hydrogen-bond donors (Lipinski definition) is 2. The van der Waals surface area contributed by atoms with Gasteiger partial charge in [0, 0.05) is 11.4 Å². The van der Waals surface area contributed by atoms with Gasteiger partial charge in [0.05, 0.1) is 11.1 Å². The first kappa shape index (κ1) is 17.0. The molecule has 0 unspecified atom stereocenters. The maximum Gasteiger partial charge on any atom is 0.318 e. The number of rotatable bonds is 5. The minimum atomic E-state index is -0.885. The molecular weight excluding hydrogens is 348 g/mol. The van der Waals surface area contributed by atoms with Crippen molar-refractivity contribution in [3.05, 3.63) is 20.8 Å². The molecule has 9 heteroatoms. The molecule has 0 spiro atoms. The molecule has 2 aromatic heterocycles. The Bertz CT molecular complexity index is 872. The normalized spacial score (nSPS) is 13.2. The van der Waals surface area contributed by atoms with Gasteiger partial charge in [-0.15, -0.1) is 11.3 Å². The van der Waals surface area contributed by atoms with Crippen molar-refractivity contribution in [2.24, 2.45) is 5.73 Å². The second-order valence-corrected chi connectivity index (χ2v) is 7.62. The van der Waals surface area contributed by atoms with E-state index in [0.717, 1.165) is 53.2 Å². The lowest BCUT2D eigenvalue weighted by Crippen LogP contribution is -2.36. The number of fused-ring (bicyclic) bond motifs is 3. The molecule has 0 aliphatic heterocycles. The first-order chi connectivity index (χ1) is 11.5. The summed E-state index contributed by atoms with van der Waals surface area (Å²) in [4.78, 5) is 41.9. The third-order valence-electron chi connectivity index (χ3n) is 3.83. The minimum absolute atomic E-state index is 0.0182. The Balaban J connectivity index is 1.97. The number of carbonyl (C=O) groups excluding carboxylic acids is 2. The number of aryl methyl sites for hydroxylation is 2. The highest BCUT2D eigenvalue weighted by molar-refractivity contribution is 7.99. The van der Waals surface area contributed by atoms with Crippen LogP contribution in [0.1, 0.15) is 30.2 Å². The van der Waals surface area contributed by atoms with E-state index >= 15 is 0 Å². The average molecular weight is 366 g/mol. The van der Waals surface area contributed by atoms with Crippen LogP contribution in [0.15, 0.2) is 9.95 Å². The summed E-state index contributed by atoms with van der Waals surface area (Å²) >= 11 is 2.72. The third kappa shape index (κ3) is 3.18. The molecule has 0 radical (unpaired) electrons. The molecule has 0 aromatic carbocycles. The smallest absolute Gasteiger partial charge is 0.318 e. The maximum absolute atomic E-state index is 12.9. The van der Waals surface area contributed by atoms with Crippen molar-refractivity contribution < 1.29 is 9.59 Å². The summed E-state index contributed by atoms with van der Waals surface area (Å²) in [5.74, 6) is -0.519. The second-order valence-electron chi connectivity index (χ2n) is 5.59. The number of imide groups is 1. The van der Waals surface area contributed by atoms with Crippen LogP contribution in [0, 0.1) is 0 Å². The van der Waals surface area contributed by atoms with E-state index in [4.69, 9.17) is 5.73 Å². The molecular formula is C15H18N4O3S2. The van der Waals surface area contributed by atoms with Crippen LogP contribution in [0.25, 0.3) is 10.2 Å². The number of hydrogen-bond acceptors (Lipinski definition) is 6. The standard InChI is InChI=1S/C15H18N4O3S2/c1-2-6-19-13(21)11-8-4-3-5-9(8)24-12(11)18-15(19)23-7-10(20)17-14(16)22/h2-7H2,1H3,(H3,16,17,20,22). The number of nitrogens with one attached hydrogen (secondary N) is 1. The zero-order valence-corrected chi connectivity index (χ0v) is 14.9. The molecule has 128 valence electrons. The Kier molecular flexibility index (Phi) is 4.91. The highest BCUT2D eigenvalue weighted by Gasteiger charge is 2.23. The molecule has 0 fully saturated rings. The van der Waals surface area contributed by atoms with E-state index in [1.165, 1.54) is 4.88 Å². The molecule has 0 saturated heterocycles. The summed E-state index contributed by atoms with van der Waals surface area (Å²) in [5.41, 5.74) is 6.05. The number of nitrogens with two attached hydrogens (primary N) is 1. The van der Waals surface area contributed by atoms with Crippen molar-refractivity contribution in [1.29, 1.82) is 0 Å². The minimum Gasteiger partial charge on any atom is -0.351 e. The number of amides is 3. The lowest BCUT2D eigenvalue weighted by Gasteiger charge is -2.11. The van der Waals surface area contributed by atoms with Gasteiger partial charge in [0.1, 0.15) is 4.83 Å². The zero-order valence-electron chi connectivity index (χ0n) is 13.3. The van der Waals surface area contributed by atoms with Gasteiger partial charge in [0.2, 0.25) is 5.91 Å². The van der Waals surface area contributed by atoms with E-state index in [1.54, 1.807) is 15.9 Å². The number of primary amides is 1. The van der Waals surface area contributed by atoms with Gasteiger partial charge in [-0.2, -0.15) is 0 Å². The largest absolute Gasteiger partial charge is 0.351 e. The van der Waals surface area contributed by atoms with Gasteiger partial charge in [-0.05, 0) is 31.2 Å². The van der Waals surface area contributed by atoms with Crippen molar-refractivity contribution in [2.45, 2.75) is 44.3 Å². The van der Waals surface area contributed by atoms with Gasteiger partial charge < -0.3 is 5.73 Å². The van der Waals surface area contributed by atoms with E-state index < -0.39 is 11.9 Å². The lowest BCUT2D eigenvalue weighted by atomic mass is 10.2. The highest BCUT2D eigenvalue weighted by atomic mass is 32.2. The van der Waals surface area contributed by atoms with Crippen LogP contribution in [0.4, 0.5) is 4.79 Å². The molecule has 7 nitrogen and oxygen atoms in total. The molecule has 0 saturated carbocycles. The second kappa shape index (κ2) is 6.94. The van der Waals surface area contributed by atoms with Gasteiger partial charge in [-0.25, -0.2) is 9.78 Å². The number of carbonyl (C=O) groups is 2. The molecule has 2 aromatic rings. The van der Waals surface area contributed by atoms with Crippen molar-refractivity contribution in [3.63, 3.8) is 0 Å². The molecule has 2 heterocycles. The summed E-state index contributed by atoms with van der Waals surface area (Å²) < 4.78 is 1.63. The monoisotopic (exact) mass is 366 g/mol. The van der Waals surface area contributed by atoms with Gasteiger partial charge in [0.25, 0.3) is 5.56 Å². The fourth-order valence-corrected chi connectivity index (χ4v) is 5.02. The summed E-state index contributed by atoms with van der Waals surface area (Å²) in [6, 6.07) is -0.885. The Morgan fingerprint density at radius 1 is 1.42 bits per heavy atom. The van der Waals surface area contributed by atoms with Crippen LogP contribution in [0.5, 0.6) is 0 Å². The van der Waals surface area contributed by atoms with Crippen LogP contribution in [-0.4, -0.2) is 27.2 Å². The first-order valence-electron chi connectivity index (χ1n) is 7.78. The molecule has 24 heavy (non-hydrogen) atoms. The van der Waals surface area contributed by atoms with Crippen LogP contribution in [-0.2, 0) is 24.2 Å². The fraction of sp³-hybridized carbons (Fsp3) is 0.467. The number of nitrogens with zero attached hydrogens (tertiary/aromatic N) is 2. The summed E-state index contributed by atoms with van der Waals surface area (Å²) in [5, 5.41) is 3.27. The number of thiophene rings is 1. The first-order valence-corrected chi connectivity index (χ1v) is 9.58. The fourth-order valence-electron chi connectivity index (χ4n) is 2.89. The van der Waals surface area contributed by atoms with E-state index in [9.17, 15) is 14.4 Å². The van der Waals surface area contributed by atoms with Crippen LogP contribution in [0.3, 0.4) is 0 Å². The van der Waals surface area contributed by atoms with Gasteiger partial charge in [0.15, 0.2) is 5.16 Å². The Hall–Kier alpha value is -1.87. The molecule has 3 rings (SSSR count). The van der Waals surface area contributed by atoms with Gasteiger partial charge in [-0.1, -0.05) is 18.7 Å². The summed E-state index contributed by atoms with van der Waals surface area (Å²) in [6.45, 7) is 2.54. The lowest BCUT2D eigenvalue weighted by molar-refractivity contribution is -0.117. The van der Waals surface area contributed by atoms with E-state index in [-0.39, 0.29) is 11.3 Å².